The first-order valence-electron chi connectivity index (χ1n) is 7.46. The predicted octanol–water partition coefficient (Wildman–Crippen LogP) is 3.69. The van der Waals surface area contributed by atoms with Crippen molar-refractivity contribution in [1.29, 1.82) is 0 Å². The van der Waals surface area contributed by atoms with E-state index in [0.29, 0.717) is 35.5 Å². The van der Waals surface area contributed by atoms with Crippen LogP contribution in [0.25, 0.3) is 0 Å². The summed E-state index contributed by atoms with van der Waals surface area (Å²) in [5, 5.41) is 1.35. The summed E-state index contributed by atoms with van der Waals surface area (Å²) in [6.07, 6.45) is 3.54. The van der Waals surface area contributed by atoms with Crippen molar-refractivity contribution in [2.45, 2.75) is 32.2 Å². The summed E-state index contributed by atoms with van der Waals surface area (Å²) in [6, 6.07) is 3.70. The molecule has 1 fully saturated rings. The van der Waals surface area contributed by atoms with Crippen LogP contribution in [0, 0.1) is 5.92 Å². The van der Waals surface area contributed by atoms with Gasteiger partial charge < -0.3 is 9.64 Å². The van der Waals surface area contributed by atoms with E-state index in [0.717, 1.165) is 43.5 Å². The lowest BCUT2D eigenvalue weighted by molar-refractivity contribution is -0.134. The van der Waals surface area contributed by atoms with Crippen LogP contribution in [0.2, 0.25) is 10.0 Å². The Morgan fingerprint density at radius 1 is 1.38 bits per heavy atom. The molecule has 1 atom stereocenters. The molecule has 0 aliphatic carbocycles. The largest absolute Gasteiger partial charge is 0.381 e. The van der Waals surface area contributed by atoms with Gasteiger partial charge in [-0.05, 0) is 48.4 Å². The van der Waals surface area contributed by atoms with E-state index in [2.05, 4.69) is 0 Å². The highest BCUT2D eigenvalue weighted by atomic mass is 35.5. The lowest BCUT2D eigenvalue weighted by Gasteiger charge is -2.31. The highest BCUT2D eigenvalue weighted by Crippen LogP contribution is 2.30. The molecule has 3 nitrogen and oxygen atoms in total. The first kappa shape index (κ1) is 15.1. The summed E-state index contributed by atoms with van der Waals surface area (Å²) in [6.45, 7) is 2.90. The molecule has 1 aromatic carbocycles. The molecule has 2 aliphatic rings. The third kappa shape index (κ3) is 3.53. The topological polar surface area (TPSA) is 29.5 Å². The summed E-state index contributed by atoms with van der Waals surface area (Å²) >= 11 is 12.3. The first-order chi connectivity index (χ1) is 10.1. The van der Waals surface area contributed by atoms with Crippen molar-refractivity contribution in [3.05, 3.63) is 33.3 Å². The average molecular weight is 328 g/mol. The Kier molecular flexibility index (Phi) is 4.72. The average Bonchev–Trinajstić information content (AvgIpc) is 2.47. The van der Waals surface area contributed by atoms with Gasteiger partial charge in [0.1, 0.15) is 0 Å². The second-order valence-electron chi connectivity index (χ2n) is 5.88. The van der Waals surface area contributed by atoms with Crippen molar-refractivity contribution in [2.24, 2.45) is 5.92 Å². The Morgan fingerprint density at radius 3 is 3.00 bits per heavy atom. The standard InChI is InChI=1S/C16H19Cl2NO2/c17-13-7-12-9-19(4-3-14(12)15(18)8-13)16(20)6-11-2-1-5-21-10-11/h7-8,11H,1-6,9-10H2. The summed E-state index contributed by atoms with van der Waals surface area (Å²) in [5.41, 5.74) is 2.21. The van der Waals surface area contributed by atoms with E-state index in [1.54, 1.807) is 6.07 Å². The normalized spacial score (nSPS) is 22.0. The maximum atomic E-state index is 12.5. The van der Waals surface area contributed by atoms with Gasteiger partial charge in [0.25, 0.3) is 0 Å². The molecule has 1 unspecified atom stereocenters. The number of carbonyl (C=O) groups excluding carboxylic acids is 1. The van der Waals surface area contributed by atoms with Crippen LogP contribution in [0.4, 0.5) is 0 Å². The molecule has 0 radical (unpaired) electrons. The van der Waals surface area contributed by atoms with Crippen molar-refractivity contribution in [2.75, 3.05) is 19.8 Å². The molecule has 0 bridgehead atoms. The van der Waals surface area contributed by atoms with E-state index in [1.165, 1.54) is 0 Å². The molecule has 2 aliphatic heterocycles. The molecule has 0 saturated carbocycles. The number of fused-ring (bicyclic) bond motifs is 1. The van der Waals surface area contributed by atoms with Crippen molar-refractivity contribution < 1.29 is 9.53 Å². The van der Waals surface area contributed by atoms with E-state index < -0.39 is 0 Å². The third-order valence-electron chi connectivity index (χ3n) is 4.32. The van der Waals surface area contributed by atoms with Crippen LogP contribution in [0.5, 0.6) is 0 Å². The number of nitrogens with zero attached hydrogens (tertiary/aromatic N) is 1. The molecule has 5 heteroatoms. The van der Waals surface area contributed by atoms with Gasteiger partial charge in [0.2, 0.25) is 5.91 Å². The first-order valence-corrected chi connectivity index (χ1v) is 8.21. The summed E-state index contributed by atoms with van der Waals surface area (Å²) in [7, 11) is 0. The zero-order valence-corrected chi connectivity index (χ0v) is 13.4. The van der Waals surface area contributed by atoms with E-state index in [4.69, 9.17) is 27.9 Å². The van der Waals surface area contributed by atoms with Crippen molar-refractivity contribution in [1.82, 2.24) is 4.90 Å². The molecule has 1 aromatic rings. The molecule has 3 rings (SSSR count). The van der Waals surface area contributed by atoms with E-state index in [-0.39, 0.29) is 5.91 Å². The Bertz CT molecular complexity index is 541. The molecular weight excluding hydrogens is 309 g/mol. The van der Waals surface area contributed by atoms with Gasteiger partial charge in [-0.15, -0.1) is 0 Å². The highest BCUT2D eigenvalue weighted by molar-refractivity contribution is 6.35. The van der Waals surface area contributed by atoms with E-state index >= 15 is 0 Å². The second-order valence-corrected chi connectivity index (χ2v) is 6.72. The second kappa shape index (κ2) is 6.55. The summed E-state index contributed by atoms with van der Waals surface area (Å²) < 4.78 is 5.45. The van der Waals surface area contributed by atoms with Gasteiger partial charge in [0, 0.05) is 42.8 Å². The monoisotopic (exact) mass is 327 g/mol. The van der Waals surface area contributed by atoms with Gasteiger partial charge in [0.05, 0.1) is 0 Å². The van der Waals surface area contributed by atoms with Crippen LogP contribution in [0.15, 0.2) is 12.1 Å². The number of halogens is 2. The number of rotatable bonds is 2. The summed E-state index contributed by atoms with van der Waals surface area (Å²) in [5.74, 6) is 0.586. The SMILES string of the molecule is O=C(CC1CCCOC1)N1CCc2c(Cl)cc(Cl)cc2C1. The number of benzene rings is 1. The molecule has 0 spiro atoms. The number of carbonyl (C=O) groups is 1. The van der Waals surface area contributed by atoms with Gasteiger partial charge in [-0.2, -0.15) is 0 Å². The Labute approximate surface area is 135 Å². The molecule has 0 N–H and O–H groups in total. The van der Waals surface area contributed by atoms with Gasteiger partial charge in [0.15, 0.2) is 0 Å². The molecule has 1 saturated heterocycles. The molecular formula is C16H19Cl2NO2. The Balaban J connectivity index is 1.66. The van der Waals surface area contributed by atoms with Crippen molar-refractivity contribution >= 4 is 29.1 Å². The quantitative estimate of drug-likeness (QED) is 0.829. The van der Waals surface area contributed by atoms with E-state index in [1.807, 2.05) is 11.0 Å². The van der Waals surface area contributed by atoms with Crippen LogP contribution in [-0.2, 0) is 22.5 Å². The minimum Gasteiger partial charge on any atom is -0.381 e. The van der Waals surface area contributed by atoms with Crippen LogP contribution >= 0.6 is 23.2 Å². The fourth-order valence-electron chi connectivity index (χ4n) is 3.17. The van der Waals surface area contributed by atoms with Crippen LogP contribution in [0.1, 0.15) is 30.4 Å². The minimum absolute atomic E-state index is 0.215. The third-order valence-corrected chi connectivity index (χ3v) is 4.87. The predicted molar refractivity (Wildman–Crippen MR) is 83.7 cm³/mol. The number of hydrogen-bond donors (Lipinski definition) is 0. The van der Waals surface area contributed by atoms with Crippen molar-refractivity contribution in [3.63, 3.8) is 0 Å². The fourth-order valence-corrected chi connectivity index (χ4v) is 3.80. The van der Waals surface area contributed by atoms with Gasteiger partial charge in [-0.25, -0.2) is 0 Å². The summed E-state index contributed by atoms with van der Waals surface area (Å²) in [4.78, 5) is 14.4. The number of hydrogen-bond acceptors (Lipinski definition) is 2. The molecule has 2 heterocycles. The lowest BCUT2D eigenvalue weighted by Crippen LogP contribution is -2.37. The minimum atomic E-state index is 0.215. The highest BCUT2D eigenvalue weighted by Gasteiger charge is 2.25. The smallest absolute Gasteiger partial charge is 0.223 e. The van der Waals surface area contributed by atoms with Gasteiger partial charge in [-0.1, -0.05) is 23.2 Å². The Morgan fingerprint density at radius 2 is 2.24 bits per heavy atom. The van der Waals surface area contributed by atoms with Crippen LogP contribution < -0.4 is 0 Å². The van der Waals surface area contributed by atoms with Crippen LogP contribution in [-0.4, -0.2) is 30.6 Å². The fraction of sp³-hybridized carbons (Fsp3) is 0.562. The maximum Gasteiger partial charge on any atom is 0.223 e. The zero-order valence-electron chi connectivity index (χ0n) is 11.9. The molecule has 114 valence electrons. The number of amides is 1. The maximum absolute atomic E-state index is 12.5. The molecule has 0 aromatic heterocycles. The molecule has 21 heavy (non-hydrogen) atoms. The zero-order chi connectivity index (χ0) is 14.8. The Hall–Kier alpha value is -0.770. The number of ether oxygens (including phenoxy) is 1. The van der Waals surface area contributed by atoms with Gasteiger partial charge >= 0.3 is 0 Å². The van der Waals surface area contributed by atoms with Gasteiger partial charge in [-0.3, -0.25) is 4.79 Å². The van der Waals surface area contributed by atoms with Crippen LogP contribution in [0.3, 0.4) is 0 Å². The van der Waals surface area contributed by atoms with E-state index in [9.17, 15) is 4.79 Å². The van der Waals surface area contributed by atoms with Crippen molar-refractivity contribution in [3.8, 4) is 0 Å². The molecule has 1 amide bonds. The lowest BCUT2D eigenvalue weighted by atomic mass is 9.96.